The van der Waals surface area contributed by atoms with Crippen LogP contribution >= 0.6 is 0 Å². The van der Waals surface area contributed by atoms with Crippen molar-refractivity contribution in [2.45, 2.75) is 38.2 Å². The van der Waals surface area contributed by atoms with E-state index in [0.717, 1.165) is 0 Å². The Morgan fingerprint density at radius 1 is 1.60 bits per heavy atom. The van der Waals surface area contributed by atoms with Crippen molar-refractivity contribution in [2.75, 3.05) is 6.54 Å². The number of nitrogens with zero attached hydrogens (tertiary/aromatic N) is 1. The number of nitrogens with one attached hydrogen (secondary N) is 1. The number of hydrogen-bond acceptors (Lipinski definition) is 5. The molecular formula is C13H17N3O4. The van der Waals surface area contributed by atoms with Gasteiger partial charge in [0, 0.05) is 12.6 Å². The lowest BCUT2D eigenvalue weighted by atomic mass is 10.1. The van der Waals surface area contributed by atoms with Gasteiger partial charge in [-0.05, 0) is 6.42 Å². The third-order valence-corrected chi connectivity index (χ3v) is 3.21. The van der Waals surface area contributed by atoms with Crippen LogP contribution in [0.15, 0.2) is 15.8 Å². The zero-order chi connectivity index (χ0) is 14.7. The highest BCUT2D eigenvalue weighted by Gasteiger charge is 2.34. The fourth-order valence-electron chi connectivity index (χ4n) is 2.19. The van der Waals surface area contributed by atoms with Gasteiger partial charge in [-0.2, -0.15) is 0 Å². The Bertz CT molecular complexity index is 652. The first-order valence-electron chi connectivity index (χ1n) is 6.44. The molecule has 108 valence electrons. The lowest BCUT2D eigenvalue weighted by Crippen LogP contribution is -2.33. The van der Waals surface area contributed by atoms with E-state index in [-0.39, 0.29) is 18.2 Å². The Morgan fingerprint density at radius 2 is 2.35 bits per heavy atom. The summed E-state index contributed by atoms with van der Waals surface area (Å²) in [7, 11) is 0. The van der Waals surface area contributed by atoms with Crippen LogP contribution in [0, 0.1) is 11.8 Å². The van der Waals surface area contributed by atoms with Crippen LogP contribution in [0.5, 0.6) is 0 Å². The lowest BCUT2D eigenvalue weighted by molar-refractivity contribution is -0.0218. The van der Waals surface area contributed by atoms with E-state index in [1.165, 1.54) is 10.8 Å². The first-order chi connectivity index (χ1) is 9.56. The molecule has 20 heavy (non-hydrogen) atoms. The van der Waals surface area contributed by atoms with Gasteiger partial charge in [-0.1, -0.05) is 18.8 Å². The molecule has 1 aromatic rings. The van der Waals surface area contributed by atoms with Gasteiger partial charge >= 0.3 is 5.69 Å². The molecule has 1 aromatic heterocycles. The summed E-state index contributed by atoms with van der Waals surface area (Å²) in [6, 6.07) is 0. The predicted octanol–water partition coefficient (Wildman–Crippen LogP) is -1.09. The molecule has 1 saturated heterocycles. The van der Waals surface area contributed by atoms with Crippen molar-refractivity contribution in [1.29, 1.82) is 0 Å². The van der Waals surface area contributed by atoms with Crippen molar-refractivity contribution in [1.82, 2.24) is 9.55 Å². The van der Waals surface area contributed by atoms with E-state index in [1.807, 2.05) is 6.92 Å². The third-order valence-electron chi connectivity index (χ3n) is 3.21. The normalized spacial score (nSPS) is 25.2. The highest BCUT2D eigenvalue weighted by molar-refractivity contribution is 5.29. The molecule has 4 N–H and O–H groups in total. The summed E-state index contributed by atoms with van der Waals surface area (Å²) in [6.07, 6.45) is 0.765. The van der Waals surface area contributed by atoms with Gasteiger partial charge in [0.25, 0.3) is 5.56 Å². The molecule has 0 radical (unpaired) electrons. The molecule has 7 nitrogen and oxygen atoms in total. The second kappa shape index (κ2) is 6.05. The molecule has 1 aliphatic heterocycles. The number of rotatable bonds is 2. The molecule has 2 heterocycles. The Kier molecular flexibility index (Phi) is 4.39. The topological polar surface area (TPSA) is 110 Å². The first kappa shape index (κ1) is 14.5. The van der Waals surface area contributed by atoms with Gasteiger partial charge in [-0.15, -0.1) is 0 Å². The number of aromatic nitrogens is 2. The van der Waals surface area contributed by atoms with E-state index in [4.69, 9.17) is 10.5 Å². The fourth-order valence-corrected chi connectivity index (χ4v) is 2.19. The Morgan fingerprint density at radius 3 is 2.95 bits per heavy atom. The van der Waals surface area contributed by atoms with E-state index in [0.29, 0.717) is 12.8 Å². The van der Waals surface area contributed by atoms with Crippen LogP contribution in [0.2, 0.25) is 0 Å². The van der Waals surface area contributed by atoms with Gasteiger partial charge in [-0.3, -0.25) is 14.3 Å². The molecule has 1 aliphatic rings. The summed E-state index contributed by atoms with van der Waals surface area (Å²) in [5, 5.41) is 9.82. The SMILES string of the molecule is CCC1OC(n2cc(C#CCN)c(=O)[nH]c2=O)CC1O. The maximum Gasteiger partial charge on any atom is 0.330 e. The minimum atomic E-state index is -0.623. The van der Waals surface area contributed by atoms with Gasteiger partial charge in [0.05, 0.1) is 18.8 Å². The zero-order valence-electron chi connectivity index (χ0n) is 11.1. The number of nitrogens with two attached hydrogens (primary N) is 1. The van der Waals surface area contributed by atoms with Crippen molar-refractivity contribution in [3.63, 3.8) is 0 Å². The van der Waals surface area contributed by atoms with Crippen LogP contribution < -0.4 is 17.0 Å². The van der Waals surface area contributed by atoms with E-state index in [2.05, 4.69) is 16.8 Å². The highest BCUT2D eigenvalue weighted by atomic mass is 16.5. The van der Waals surface area contributed by atoms with Crippen molar-refractivity contribution < 1.29 is 9.84 Å². The summed E-state index contributed by atoms with van der Waals surface area (Å²) < 4.78 is 6.86. The molecular weight excluding hydrogens is 262 g/mol. The van der Waals surface area contributed by atoms with Crippen LogP contribution in [0.25, 0.3) is 0 Å². The third kappa shape index (κ3) is 2.82. The Labute approximate surface area is 115 Å². The van der Waals surface area contributed by atoms with E-state index in [1.54, 1.807) is 0 Å². The van der Waals surface area contributed by atoms with Crippen LogP contribution in [-0.4, -0.2) is 33.4 Å². The molecule has 0 aromatic carbocycles. The molecule has 0 spiro atoms. The van der Waals surface area contributed by atoms with Gasteiger partial charge in [0.1, 0.15) is 11.8 Å². The maximum atomic E-state index is 11.8. The van der Waals surface area contributed by atoms with Gasteiger partial charge in [-0.25, -0.2) is 4.79 Å². The van der Waals surface area contributed by atoms with Crippen LogP contribution in [-0.2, 0) is 4.74 Å². The van der Waals surface area contributed by atoms with Crippen molar-refractivity contribution in [2.24, 2.45) is 5.73 Å². The average molecular weight is 279 g/mol. The van der Waals surface area contributed by atoms with Gasteiger partial charge < -0.3 is 15.6 Å². The molecule has 0 aliphatic carbocycles. The summed E-state index contributed by atoms with van der Waals surface area (Å²) in [4.78, 5) is 25.6. The maximum absolute atomic E-state index is 11.8. The minimum Gasteiger partial charge on any atom is -0.390 e. The number of aliphatic hydroxyl groups excluding tert-OH is 1. The van der Waals surface area contributed by atoms with Crippen molar-refractivity contribution in [3.05, 3.63) is 32.6 Å². The van der Waals surface area contributed by atoms with Crippen LogP contribution in [0.4, 0.5) is 0 Å². The molecule has 2 rings (SSSR count). The van der Waals surface area contributed by atoms with Crippen molar-refractivity contribution in [3.8, 4) is 11.8 Å². The molecule has 1 fully saturated rings. The standard InChI is InChI=1S/C13H17N3O4/c1-2-10-9(17)6-11(20-10)16-7-8(4-3-5-14)12(18)15-13(16)19/h7,9-11,17H,2,5-6,14H2,1H3,(H,15,18,19). The molecule has 0 bridgehead atoms. The van der Waals surface area contributed by atoms with E-state index in [9.17, 15) is 14.7 Å². The number of ether oxygens (including phenoxy) is 1. The van der Waals surface area contributed by atoms with Crippen LogP contribution in [0.3, 0.4) is 0 Å². The second-order valence-electron chi connectivity index (χ2n) is 4.56. The van der Waals surface area contributed by atoms with Crippen molar-refractivity contribution >= 4 is 0 Å². The predicted molar refractivity (Wildman–Crippen MR) is 72.1 cm³/mol. The molecule has 3 atom stereocenters. The average Bonchev–Trinajstić information content (AvgIpc) is 2.79. The minimum absolute atomic E-state index is 0.120. The Hall–Kier alpha value is -1.88. The lowest BCUT2D eigenvalue weighted by Gasteiger charge is -2.14. The number of aromatic amines is 1. The van der Waals surface area contributed by atoms with Gasteiger partial charge in [0.15, 0.2) is 0 Å². The van der Waals surface area contributed by atoms with Gasteiger partial charge in [0.2, 0.25) is 0 Å². The molecule has 0 amide bonds. The monoisotopic (exact) mass is 279 g/mol. The number of H-pyrrole nitrogens is 1. The smallest absolute Gasteiger partial charge is 0.330 e. The molecule has 7 heteroatoms. The van der Waals surface area contributed by atoms with E-state index < -0.39 is 23.6 Å². The van der Waals surface area contributed by atoms with Crippen LogP contribution in [0.1, 0.15) is 31.6 Å². The quantitative estimate of drug-likeness (QED) is 0.595. The summed E-state index contributed by atoms with van der Waals surface area (Å²) >= 11 is 0. The number of hydrogen-bond donors (Lipinski definition) is 3. The molecule has 3 unspecified atom stereocenters. The van der Waals surface area contributed by atoms with E-state index >= 15 is 0 Å². The second-order valence-corrected chi connectivity index (χ2v) is 4.56. The summed E-state index contributed by atoms with van der Waals surface area (Å²) in [5.41, 5.74) is 4.27. The largest absolute Gasteiger partial charge is 0.390 e. The first-order valence-corrected chi connectivity index (χ1v) is 6.44. The Balaban J connectivity index is 2.38. The highest BCUT2D eigenvalue weighted by Crippen LogP contribution is 2.28. The zero-order valence-corrected chi connectivity index (χ0v) is 11.1. The summed E-state index contributed by atoms with van der Waals surface area (Å²) in [6.45, 7) is 2.01. The number of aliphatic hydroxyl groups is 1. The molecule has 0 saturated carbocycles. The fraction of sp³-hybridized carbons (Fsp3) is 0.538. The summed E-state index contributed by atoms with van der Waals surface area (Å²) in [5.74, 6) is 5.17.